The molecule has 0 saturated heterocycles. The van der Waals surface area contributed by atoms with Gasteiger partial charge in [-0.15, -0.1) is 0 Å². The molecule has 0 aliphatic rings. The molecule has 0 unspecified atom stereocenters. The maximum atomic E-state index is 12.2. The van der Waals surface area contributed by atoms with E-state index in [1.165, 1.54) is 34.3 Å². The molecule has 5 nitrogen and oxygen atoms in total. The molecule has 2 heterocycles. The minimum atomic E-state index is -0.233. The van der Waals surface area contributed by atoms with Crippen LogP contribution in [0.25, 0.3) is 10.2 Å². The highest BCUT2D eigenvalue weighted by Gasteiger charge is 2.11. The lowest BCUT2D eigenvalue weighted by Crippen LogP contribution is -2.25. The van der Waals surface area contributed by atoms with Crippen molar-refractivity contribution in [2.45, 2.75) is 39.7 Å². The molecule has 0 aliphatic carbocycles. The van der Waals surface area contributed by atoms with E-state index >= 15 is 0 Å². The Morgan fingerprint density at radius 1 is 1.38 bits per heavy atom. The van der Waals surface area contributed by atoms with Gasteiger partial charge in [0.25, 0.3) is 0 Å². The minimum absolute atomic E-state index is 0.0197. The number of rotatable bonds is 6. The second-order valence-corrected chi connectivity index (χ2v) is 7.55. The average molecular weight is 361 g/mol. The molecular weight excluding hydrogens is 342 g/mol. The number of aromatic nitrogens is 2. The quantitative estimate of drug-likeness (QED) is 0.726. The van der Waals surface area contributed by atoms with Crippen LogP contribution in [0.4, 0.5) is 5.13 Å². The Kier molecular flexibility index (Phi) is 5.11. The zero-order chi connectivity index (χ0) is 17.1. The summed E-state index contributed by atoms with van der Waals surface area (Å²) < 4.78 is 2.54. The van der Waals surface area contributed by atoms with Crippen LogP contribution in [0.5, 0.6) is 0 Å². The Bertz CT molecular complexity index is 923. The van der Waals surface area contributed by atoms with Gasteiger partial charge in [0.1, 0.15) is 6.54 Å². The van der Waals surface area contributed by atoms with E-state index in [4.69, 9.17) is 0 Å². The topological polar surface area (TPSA) is 64.0 Å². The lowest BCUT2D eigenvalue weighted by atomic mass is 10.1. The van der Waals surface area contributed by atoms with Crippen molar-refractivity contribution in [3.05, 3.63) is 44.5 Å². The van der Waals surface area contributed by atoms with Crippen molar-refractivity contribution in [1.29, 1.82) is 0 Å². The number of anilines is 1. The van der Waals surface area contributed by atoms with Crippen molar-refractivity contribution in [1.82, 2.24) is 9.55 Å². The van der Waals surface area contributed by atoms with Crippen molar-refractivity contribution in [2.75, 3.05) is 5.32 Å². The zero-order valence-electron chi connectivity index (χ0n) is 13.7. The van der Waals surface area contributed by atoms with E-state index in [1.54, 1.807) is 5.38 Å². The fourth-order valence-corrected chi connectivity index (χ4v) is 4.14. The molecule has 0 fully saturated rings. The molecule has 0 bridgehead atoms. The fourth-order valence-electron chi connectivity index (χ4n) is 2.46. The third-order valence-corrected chi connectivity index (χ3v) is 5.61. The van der Waals surface area contributed by atoms with Gasteiger partial charge in [-0.1, -0.05) is 42.1 Å². The number of hydrogen-bond donors (Lipinski definition) is 1. The molecule has 7 heteroatoms. The Morgan fingerprint density at radius 2 is 2.21 bits per heavy atom. The summed E-state index contributed by atoms with van der Waals surface area (Å²) in [5.41, 5.74) is 2.98. The van der Waals surface area contributed by atoms with Crippen LogP contribution in [0.1, 0.15) is 31.0 Å². The van der Waals surface area contributed by atoms with Gasteiger partial charge in [0.15, 0.2) is 5.13 Å². The Labute approximate surface area is 148 Å². The molecule has 0 atom stereocenters. The summed E-state index contributed by atoms with van der Waals surface area (Å²) in [6.45, 7) is 4.02. The lowest BCUT2D eigenvalue weighted by molar-refractivity contribution is -0.116. The molecule has 2 aromatic heterocycles. The highest BCUT2D eigenvalue weighted by Crippen LogP contribution is 2.27. The van der Waals surface area contributed by atoms with Gasteiger partial charge in [0.05, 0.1) is 10.2 Å². The van der Waals surface area contributed by atoms with Crippen LogP contribution in [-0.2, 0) is 17.8 Å². The molecule has 126 valence electrons. The molecule has 0 aliphatic heterocycles. The number of amides is 1. The molecule has 0 spiro atoms. The third kappa shape index (κ3) is 3.73. The number of fused-ring (bicyclic) bond motifs is 1. The summed E-state index contributed by atoms with van der Waals surface area (Å²) in [7, 11) is 0. The van der Waals surface area contributed by atoms with Gasteiger partial charge in [0.2, 0.25) is 5.91 Å². The normalized spacial score (nSPS) is 11.1. The first-order valence-electron chi connectivity index (χ1n) is 7.91. The van der Waals surface area contributed by atoms with Gasteiger partial charge in [-0.3, -0.25) is 14.2 Å². The number of aryl methyl sites for hydroxylation is 2. The first kappa shape index (κ1) is 16.9. The van der Waals surface area contributed by atoms with Crippen molar-refractivity contribution in [3.63, 3.8) is 0 Å². The SMILES string of the molecule is CCCCc1ccc2nc(NC(=O)Cn3c(C)csc3=O)sc2c1. The summed E-state index contributed by atoms with van der Waals surface area (Å²) in [5, 5.41) is 5.13. The smallest absolute Gasteiger partial charge is 0.300 e. The van der Waals surface area contributed by atoms with Crippen LogP contribution < -0.4 is 10.2 Å². The summed E-state index contributed by atoms with van der Waals surface area (Å²) in [4.78, 5) is 28.2. The number of unbranched alkanes of at least 4 members (excludes halogenated alkanes) is 1. The number of carbonyl (C=O) groups is 1. The van der Waals surface area contributed by atoms with Gasteiger partial charge in [-0.25, -0.2) is 4.98 Å². The predicted octanol–water partition coefficient (Wildman–Crippen LogP) is 3.81. The van der Waals surface area contributed by atoms with Crippen LogP contribution in [0.2, 0.25) is 0 Å². The molecule has 3 aromatic rings. The second-order valence-electron chi connectivity index (χ2n) is 5.70. The van der Waals surface area contributed by atoms with Gasteiger partial charge in [-0.05, 0) is 37.5 Å². The summed E-state index contributed by atoms with van der Waals surface area (Å²) in [6, 6.07) is 6.24. The van der Waals surface area contributed by atoms with Gasteiger partial charge in [0, 0.05) is 11.1 Å². The monoisotopic (exact) mass is 361 g/mol. The van der Waals surface area contributed by atoms with Crippen LogP contribution >= 0.6 is 22.7 Å². The van der Waals surface area contributed by atoms with Crippen LogP contribution in [0.3, 0.4) is 0 Å². The Hall–Kier alpha value is -1.99. The second kappa shape index (κ2) is 7.27. The van der Waals surface area contributed by atoms with E-state index in [2.05, 4.69) is 29.4 Å². The van der Waals surface area contributed by atoms with Gasteiger partial charge >= 0.3 is 4.87 Å². The average Bonchev–Trinajstić information content (AvgIpc) is 3.09. The van der Waals surface area contributed by atoms with E-state index in [-0.39, 0.29) is 17.3 Å². The van der Waals surface area contributed by atoms with Crippen molar-refractivity contribution < 1.29 is 4.79 Å². The summed E-state index contributed by atoms with van der Waals surface area (Å²) in [5.74, 6) is -0.233. The Balaban J connectivity index is 1.72. The van der Waals surface area contributed by atoms with Crippen molar-refractivity contribution >= 4 is 43.9 Å². The van der Waals surface area contributed by atoms with Crippen molar-refractivity contribution in [2.24, 2.45) is 0 Å². The van der Waals surface area contributed by atoms with E-state index in [0.717, 1.165) is 33.7 Å². The highest BCUT2D eigenvalue weighted by molar-refractivity contribution is 7.22. The molecule has 1 N–H and O–H groups in total. The van der Waals surface area contributed by atoms with E-state index in [1.807, 2.05) is 13.0 Å². The molecule has 1 aromatic carbocycles. The summed E-state index contributed by atoms with van der Waals surface area (Å²) >= 11 is 2.57. The molecule has 0 radical (unpaired) electrons. The van der Waals surface area contributed by atoms with Crippen LogP contribution in [-0.4, -0.2) is 15.5 Å². The number of hydrogen-bond acceptors (Lipinski definition) is 5. The molecule has 3 rings (SSSR count). The number of thiazole rings is 2. The number of nitrogens with one attached hydrogen (secondary N) is 1. The highest BCUT2D eigenvalue weighted by atomic mass is 32.1. The third-order valence-electron chi connectivity index (χ3n) is 3.80. The largest absolute Gasteiger partial charge is 0.307 e. The molecule has 1 amide bonds. The summed E-state index contributed by atoms with van der Waals surface area (Å²) in [6.07, 6.45) is 3.40. The maximum Gasteiger partial charge on any atom is 0.307 e. The maximum absolute atomic E-state index is 12.2. The standard InChI is InChI=1S/C17H19N3O2S2/c1-3-4-5-12-6-7-13-14(8-12)24-16(18-13)19-15(21)9-20-11(2)10-23-17(20)22/h6-8,10H,3-5,9H2,1-2H3,(H,18,19,21). The van der Waals surface area contributed by atoms with Crippen LogP contribution in [0.15, 0.2) is 28.4 Å². The van der Waals surface area contributed by atoms with Gasteiger partial charge < -0.3 is 5.32 Å². The first-order valence-corrected chi connectivity index (χ1v) is 9.60. The molecule has 24 heavy (non-hydrogen) atoms. The van der Waals surface area contributed by atoms with Crippen LogP contribution in [0, 0.1) is 6.92 Å². The van der Waals surface area contributed by atoms with E-state index < -0.39 is 0 Å². The fraction of sp³-hybridized carbons (Fsp3) is 0.353. The van der Waals surface area contributed by atoms with E-state index in [0.29, 0.717) is 5.13 Å². The Morgan fingerprint density at radius 3 is 2.92 bits per heavy atom. The number of benzene rings is 1. The predicted molar refractivity (Wildman–Crippen MR) is 100 cm³/mol. The van der Waals surface area contributed by atoms with E-state index in [9.17, 15) is 9.59 Å². The molecular formula is C17H19N3O2S2. The first-order chi connectivity index (χ1) is 11.6. The van der Waals surface area contributed by atoms with Gasteiger partial charge in [-0.2, -0.15) is 0 Å². The zero-order valence-corrected chi connectivity index (χ0v) is 15.3. The lowest BCUT2D eigenvalue weighted by Gasteiger charge is -2.03. The van der Waals surface area contributed by atoms with Crippen molar-refractivity contribution in [3.8, 4) is 0 Å². The number of carbonyl (C=O) groups excluding carboxylic acids is 1. The number of nitrogens with zero attached hydrogens (tertiary/aromatic N) is 2. The molecule has 0 saturated carbocycles. The minimum Gasteiger partial charge on any atom is -0.300 e.